The molecule has 3 rings (SSSR count). The van der Waals surface area contributed by atoms with Crippen LogP contribution in [0.4, 0.5) is 0 Å². The summed E-state index contributed by atoms with van der Waals surface area (Å²) in [4.78, 5) is 24.0. The summed E-state index contributed by atoms with van der Waals surface area (Å²) in [5.74, 6) is -0.128. The Labute approximate surface area is 168 Å². The summed E-state index contributed by atoms with van der Waals surface area (Å²) in [7, 11) is 0. The normalized spacial score (nSPS) is 10.6. The first-order valence-corrected chi connectivity index (χ1v) is 10.2. The Balaban J connectivity index is 1.46. The number of hydrogen-bond donors (Lipinski definition) is 2. The topological polar surface area (TPSA) is 76.0 Å². The van der Waals surface area contributed by atoms with E-state index in [1.807, 2.05) is 59.6 Å². The number of thiophene rings is 1. The molecule has 0 saturated heterocycles. The van der Waals surface area contributed by atoms with Crippen LogP contribution in [0.2, 0.25) is 0 Å². The molecule has 0 aliphatic heterocycles. The Morgan fingerprint density at radius 3 is 2.61 bits per heavy atom. The highest BCUT2D eigenvalue weighted by Crippen LogP contribution is 2.17. The highest BCUT2D eigenvalue weighted by molar-refractivity contribution is 7.08. The van der Waals surface area contributed by atoms with E-state index in [9.17, 15) is 9.59 Å². The van der Waals surface area contributed by atoms with E-state index in [1.165, 1.54) is 11.3 Å². The van der Waals surface area contributed by atoms with Crippen molar-refractivity contribution < 1.29 is 9.59 Å². The SMILES string of the molecule is Cc1nn(-c2ccccc2)c(C)c1CNC(=O)CCCNC(=O)c1ccsc1. The first-order chi connectivity index (χ1) is 13.6. The second kappa shape index (κ2) is 9.32. The van der Waals surface area contributed by atoms with E-state index in [2.05, 4.69) is 15.7 Å². The molecule has 0 saturated carbocycles. The number of rotatable bonds is 8. The summed E-state index contributed by atoms with van der Waals surface area (Å²) < 4.78 is 1.90. The van der Waals surface area contributed by atoms with E-state index < -0.39 is 0 Å². The van der Waals surface area contributed by atoms with Crippen molar-refractivity contribution in [3.05, 3.63) is 69.7 Å². The van der Waals surface area contributed by atoms with Crippen LogP contribution in [-0.4, -0.2) is 28.1 Å². The van der Waals surface area contributed by atoms with Crippen molar-refractivity contribution in [1.82, 2.24) is 20.4 Å². The molecule has 2 heterocycles. The molecule has 2 amide bonds. The zero-order valence-electron chi connectivity index (χ0n) is 16.1. The number of aryl methyl sites for hydroxylation is 1. The predicted octanol–water partition coefficient (Wildman–Crippen LogP) is 3.38. The molecule has 0 bridgehead atoms. The minimum atomic E-state index is -0.0961. The monoisotopic (exact) mass is 396 g/mol. The standard InChI is InChI=1S/C21H24N4O2S/c1-15-19(16(2)25(24-15)18-7-4-3-5-8-18)13-23-20(26)9-6-11-22-21(27)17-10-12-28-14-17/h3-5,7-8,10,12,14H,6,9,11,13H2,1-2H3,(H,22,27)(H,23,26). The number of hydrogen-bond acceptors (Lipinski definition) is 4. The van der Waals surface area contributed by atoms with Gasteiger partial charge in [0, 0.05) is 41.7 Å². The molecule has 3 aromatic rings. The van der Waals surface area contributed by atoms with Crippen molar-refractivity contribution in [2.75, 3.05) is 6.54 Å². The maximum atomic E-state index is 12.1. The third kappa shape index (κ3) is 4.86. The molecule has 28 heavy (non-hydrogen) atoms. The lowest BCUT2D eigenvalue weighted by Crippen LogP contribution is -2.27. The smallest absolute Gasteiger partial charge is 0.252 e. The zero-order chi connectivity index (χ0) is 19.9. The number of para-hydroxylation sites is 1. The van der Waals surface area contributed by atoms with Crippen LogP contribution in [0.5, 0.6) is 0 Å². The molecular formula is C21H24N4O2S. The quantitative estimate of drug-likeness (QED) is 0.573. The van der Waals surface area contributed by atoms with Gasteiger partial charge in [0.15, 0.2) is 0 Å². The van der Waals surface area contributed by atoms with E-state index in [1.54, 1.807) is 6.07 Å². The van der Waals surface area contributed by atoms with Crippen molar-refractivity contribution in [1.29, 1.82) is 0 Å². The summed E-state index contributed by atoms with van der Waals surface area (Å²) in [6.45, 7) is 4.89. The van der Waals surface area contributed by atoms with Gasteiger partial charge >= 0.3 is 0 Å². The van der Waals surface area contributed by atoms with Crippen LogP contribution in [0.1, 0.15) is 40.2 Å². The summed E-state index contributed by atoms with van der Waals surface area (Å²) >= 11 is 1.49. The Bertz CT molecular complexity index is 933. The molecule has 1 aromatic carbocycles. The van der Waals surface area contributed by atoms with Crippen LogP contribution >= 0.6 is 11.3 Å². The average molecular weight is 397 g/mol. The van der Waals surface area contributed by atoms with Gasteiger partial charge in [-0.2, -0.15) is 16.4 Å². The van der Waals surface area contributed by atoms with Crippen LogP contribution in [0.25, 0.3) is 5.69 Å². The van der Waals surface area contributed by atoms with Crippen molar-refractivity contribution in [2.45, 2.75) is 33.2 Å². The number of amides is 2. The third-order valence-electron chi connectivity index (χ3n) is 4.55. The van der Waals surface area contributed by atoms with Gasteiger partial charge in [-0.3, -0.25) is 9.59 Å². The molecule has 2 N–H and O–H groups in total. The van der Waals surface area contributed by atoms with Crippen LogP contribution in [0.15, 0.2) is 47.2 Å². The molecular weight excluding hydrogens is 372 g/mol. The van der Waals surface area contributed by atoms with Crippen molar-refractivity contribution >= 4 is 23.2 Å². The Kier molecular flexibility index (Phi) is 6.60. The van der Waals surface area contributed by atoms with Crippen molar-refractivity contribution in [3.63, 3.8) is 0 Å². The van der Waals surface area contributed by atoms with Crippen molar-refractivity contribution in [2.24, 2.45) is 0 Å². The van der Waals surface area contributed by atoms with Gasteiger partial charge in [0.1, 0.15) is 0 Å². The molecule has 0 radical (unpaired) electrons. The number of aromatic nitrogens is 2. The molecule has 0 atom stereocenters. The molecule has 0 aliphatic carbocycles. The maximum absolute atomic E-state index is 12.1. The summed E-state index contributed by atoms with van der Waals surface area (Å²) in [5.41, 5.74) is 4.62. The zero-order valence-corrected chi connectivity index (χ0v) is 16.9. The van der Waals surface area contributed by atoms with Gasteiger partial charge in [-0.25, -0.2) is 4.68 Å². The fraction of sp³-hybridized carbons (Fsp3) is 0.286. The van der Waals surface area contributed by atoms with E-state index in [-0.39, 0.29) is 11.8 Å². The summed E-state index contributed by atoms with van der Waals surface area (Å²) in [6, 6.07) is 11.7. The maximum Gasteiger partial charge on any atom is 0.252 e. The number of carbonyl (C=O) groups excluding carboxylic acids is 2. The van der Waals surface area contributed by atoms with Gasteiger partial charge in [-0.05, 0) is 43.8 Å². The van der Waals surface area contributed by atoms with Gasteiger partial charge in [0.25, 0.3) is 5.91 Å². The lowest BCUT2D eigenvalue weighted by Gasteiger charge is -2.08. The lowest BCUT2D eigenvalue weighted by molar-refractivity contribution is -0.121. The van der Waals surface area contributed by atoms with Gasteiger partial charge in [-0.15, -0.1) is 0 Å². The van der Waals surface area contributed by atoms with Gasteiger partial charge in [-0.1, -0.05) is 18.2 Å². The van der Waals surface area contributed by atoms with E-state index in [0.29, 0.717) is 31.5 Å². The van der Waals surface area contributed by atoms with Crippen LogP contribution in [0, 0.1) is 13.8 Å². The fourth-order valence-electron chi connectivity index (χ4n) is 2.97. The molecule has 0 fully saturated rings. The van der Waals surface area contributed by atoms with Gasteiger partial charge in [0.05, 0.1) is 11.4 Å². The van der Waals surface area contributed by atoms with E-state index in [4.69, 9.17) is 0 Å². The summed E-state index contributed by atoms with van der Waals surface area (Å²) in [6.07, 6.45) is 0.970. The molecule has 7 heteroatoms. The van der Waals surface area contributed by atoms with Crippen molar-refractivity contribution in [3.8, 4) is 5.69 Å². The largest absolute Gasteiger partial charge is 0.352 e. The van der Waals surface area contributed by atoms with Gasteiger partial charge in [0.2, 0.25) is 5.91 Å². The highest BCUT2D eigenvalue weighted by Gasteiger charge is 2.13. The first-order valence-electron chi connectivity index (χ1n) is 9.24. The molecule has 6 nitrogen and oxygen atoms in total. The predicted molar refractivity (Wildman–Crippen MR) is 111 cm³/mol. The number of nitrogens with one attached hydrogen (secondary N) is 2. The lowest BCUT2D eigenvalue weighted by atomic mass is 10.2. The first kappa shape index (κ1) is 19.8. The molecule has 0 aliphatic rings. The van der Waals surface area contributed by atoms with Gasteiger partial charge < -0.3 is 10.6 Å². The Morgan fingerprint density at radius 2 is 1.89 bits per heavy atom. The summed E-state index contributed by atoms with van der Waals surface area (Å²) in [5, 5.41) is 14.1. The minimum Gasteiger partial charge on any atom is -0.352 e. The molecule has 0 unspecified atom stereocenters. The Hall–Kier alpha value is -2.93. The molecule has 146 valence electrons. The molecule has 2 aromatic heterocycles. The number of benzene rings is 1. The fourth-order valence-corrected chi connectivity index (χ4v) is 3.61. The van der Waals surface area contributed by atoms with E-state index >= 15 is 0 Å². The van der Waals surface area contributed by atoms with Crippen LogP contribution < -0.4 is 10.6 Å². The molecule has 0 spiro atoms. The number of carbonyl (C=O) groups is 2. The second-order valence-electron chi connectivity index (χ2n) is 6.54. The van der Waals surface area contributed by atoms with Crippen LogP contribution in [-0.2, 0) is 11.3 Å². The second-order valence-corrected chi connectivity index (χ2v) is 7.32. The third-order valence-corrected chi connectivity index (χ3v) is 5.24. The highest BCUT2D eigenvalue weighted by atomic mass is 32.1. The number of nitrogens with zero attached hydrogens (tertiary/aromatic N) is 2. The Morgan fingerprint density at radius 1 is 1.11 bits per heavy atom. The average Bonchev–Trinajstić information content (AvgIpc) is 3.33. The minimum absolute atomic E-state index is 0.0314. The van der Waals surface area contributed by atoms with Crippen LogP contribution in [0.3, 0.4) is 0 Å². The van der Waals surface area contributed by atoms with E-state index in [0.717, 1.165) is 22.6 Å².